The second-order valence-corrected chi connectivity index (χ2v) is 4.74. The monoisotopic (exact) mass is 229 g/mol. The fourth-order valence-corrected chi connectivity index (χ4v) is 1.52. The summed E-state index contributed by atoms with van der Waals surface area (Å²) in [4.78, 5) is 9.93. The van der Waals surface area contributed by atoms with Crippen molar-refractivity contribution in [2.75, 3.05) is 0 Å². The molecule has 0 aliphatic heterocycles. The minimum atomic E-state index is -0.617. The van der Waals surface area contributed by atoms with E-state index in [9.17, 15) is 15.2 Å². The Bertz CT molecular complexity index is 410. The van der Waals surface area contributed by atoms with Crippen LogP contribution < -0.4 is 0 Å². The second kappa shape index (κ2) is 3.70. The first-order chi connectivity index (χ1) is 6.73. The fraction of sp³-hybridized carbons (Fsp3) is 0.400. The van der Waals surface area contributed by atoms with E-state index in [2.05, 4.69) is 0 Å². The van der Waals surface area contributed by atoms with Crippen LogP contribution in [-0.4, -0.2) is 10.0 Å². The Hall–Kier alpha value is -1.29. The van der Waals surface area contributed by atoms with Gasteiger partial charge in [0.2, 0.25) is 0 Å². The van der Waals surface area contributed by atoms with Gasteiger partial charge in [-0.3, -0.25) is 10.1 Å². The van der Waals surface area contributed by atoms with Crippen molar-refractivity contribution >= 4 is 17.3 Å². The van der Waals surface area contributed by atoms with E-state index in [0.717, 1.165) is 6.07 Å². The molecule has 0 fully saturated rings. The number of hydrogen-bond acceptors (Lipinski definition) is 3. The smallest absolute Gasteiger partial charge is 0.291 e. The number of aromatic hydroxyl groups is 1. The molecule has 1 aromatic rings. The highest BCUT2D eigenvalue weighted by Gasteiger charge is 2.23. The first-order valence-electron chi connectivity index (χ1n) is 4.41. The van der Waals surface area contributed by atoms with Crippen molar-refractivity contribution in [1.82, 2.24) is 0 Å². The molecule has 0 amide bonds. The van der Waals surface area contributed by atoms with Crippen LogP contribution in [-0.2, 0) is 5.41 Å². The van der Waals surface area contributed by atoms with E-state index in [1.165, 1.54) is 6.07 Å². The van der Waals surface area contributed by atoms with E-state index in [1.54, 1.807) is 0 Å². The highest BCUT2D eigenvalue weighted by molar-refractivity contribution is 6.32. The average Bonchev–Trinajstić information content (AvgIpc) is 2.06. The summed E-state index contributed by atoms with van der Waals surface area (Å²) in [6, 6.07) is 2.53. The van der Waals surface area contributed by atoms with Crippen molar-refractivity contribution in [3.8, 4) is 5.75 Å². The summed E-state index contributed by atoms with van der Waals surface area (Å²) in [6.07, 6.45) is 0. The topological polar surface area (TPSA) is 63.4 Å². The van der Waals surface area contributed by atoms with Gasteiger partial charge in [0, 0.05) is 5.56 Å². The first-order valence-corrected chi connectivity index (χ1v) is 4.78. The van der Waals surface area contributed by atoms with Crippen molar-refractivity contribution in [3.63, 3.8) is 0 Å². The summed E-state index contributed by atoms with van der Waals surface area (Å²) < 4.78 is 0. The number of phenolic OH excluding ortho intramolecular Hbond substituents is 1. The highest BCUT2D eigenvalue weighted by atomic mass is 35.5. The maximum atomic E-state index is 10.5. The van der Waals surface area contributed by atoms with E-state index in [-0.39, 0.29) is 21.9 Å². The van der Waals surface area contributed by atoms with Gasteiger partial charge in [0.1, 0.15) is 10.8 Å². The predicted molar refractivity (Wildman–Crippen MR) is 58.5 cm³/mol. The van der Waals surface area contributed by atoms with E-state index in [0.29, 0.717) is 5.56 Å². The zero-order valence-electron chi connectivity index (χ0n) is 8.74. The van der Waals surface area contributed by atoms with Gasteiger partial charge in [0.05, 0.1) is 11.0 Å². The Morgan fingerprint density at radius 2 is 1.93 bits per heavy atom. The quantitative estimate of drug-likeness (QED) is 0.594. The molecule has 4 nitrogen and oxygen atoms in total. The van der Waals surface area contributed by atoms with Gasteiger partial charge in [-0.1, -0.05) is 32.4 Å². The molecule has 1 N–H and O–H groups in total. The van der Waals surface area contributed by atoms with E-state index < -0.39 is 4.92 Å². The number of hydrogen-bond donors (Lipinski definition) is 1. The third kappa shape index (κ3) is 2.39. The normalized spacial score (nSPS) is 11.5. The maximum absolute atomic E-state index is 10.5. The summed E-state index contributed by atoms with van der Waals surface area (Å²) >= 11 is 5.75. The Balaban J connectivity index is 3.39. The number of nitro groups is 1. The molecule has 0 aromatic heterocycles. The van der Waals surface area contributed by atoms with Crippen molar-refractivity contribution in [2.24, 2.45) is 0 Å². The molecule has 0 bridgehead atoms. The van der Waals surface area contributed by atoms with Crippen molar-refractivity contribution < 1.29 is 10.0 Å². The summed E-state index contributed by atoms with van der Waals surface area (Å²) in [6.45, 7) is 5.68. The molecule has 0 heterocycles. The standard InChI is InChI=1S/C10H12ClNO3/c1-10(2,3)6-4-7(11)8(12(14)15)5-9(6)13/h4-5,13H,1-3H3. The van der Waals surface area contributed by atoms with Gasteiger partial charge >= 0.3 is 0 Å². The molecule has 0 radical (unpaired) electrons. The summed E-state index contributed by atoms with van der Waals surface area (Å²) in [5, 5.41) is 20.2. The second-order valence-electron chi connectivity index (χ2n) is 4.33. The molecular formula is C10H12ClNO3. The molecule has 0 unspecified atom stereocenters. The zero-order valence-corrected chi connectivity index (χ0v) is 9.50. The van der Waals surface area contributed by atoms with Gasteiger partial charge in [-0.15, -0.1) is 0 Å². The third-order valence-electron chi connectivity index (χ3n) is 2.07. The van der Waals surface area contributed by atoms with Gasteiger partial charge < -0.3 is 5.11 Å². The van der Waals surface area contributed by atoms with Crippen LogP contribution >= 0.6 is 11.6 Å². The number of rotatable bonds is 1. The summed E-state index contributed by atoms with van der Waals surface area (Å²) in [7, 11) is 0. The van der Waals surface area contributed by atoms with Crippen LogP contribution in [0.25, 0.3) is 0 Å². The lowest BCUT2D eigenvalue weighted by atomic mass is 9.86. The van der Waals surface area contributed by atoms with Gasteiger partial charge in [-0.25, -0.2) is 0 Å². The molecule has 1 rings (SSSR count). The molecule has 0 aliphatic rings. The molecule has 82 valence electrons. The van der Waals surface area contributed by atoms with E-state index in [1.807, 2.05) is 20.8 Å². The summed E-state index contributed by atoms with van der Waals surface area (Å²) in [5.74, 6) is -0.0985. The molecule has 0 aliphatic carbocycles. The Morgan fingerprint density at radius 3 is 2.33 bits per heavy atom. The molecule has 0 saturated carbocycles. The number of phenols is 1. The lowest BCUT2D eigenvalue weighted by molar-refractivity contribution is -0.384. The lowest BCUT2D eigenvalue weighted by Gasteiger charge is -2.20. The molecule has 0 saturated heterocycles. The van der Waals surface area contributed by atoms with Crippen molar-refractivity contribution in [1.29, 1.82) is 0 Å². The summed E-state index contributed by atoms with van der Waals surface area (Å²) in [5.41, 5.74) is 0.0170. The third-order valence-corrected chi connectivity index (χ3v) is 2.37. The first kappa shape index (κ1) is 11.8. The Labute approximate surface area is 92.6 Å². The number of benzene rings is 1. The van der Waals surface area contributed by atoms with Gasteiger partial charge in [0.15, 0.2) is 0 Å². The van der Waals surface area contributed by atoms with E-state index >= 15 is 0 Å². The molecule has 15 heavy (non-hydrogen) atoms. The number of halogens is 1. The van der Waals surface area contributed by atoms with Crippen molar-refractivity contribution in [2.45, 2.75) is 26.2 Å². The lowest BCUT2D eigenvalue weighted by Crippen LogP contribution is -2.11. The van der Waals surface area contributed by atoms with Gasteiger partial charge in [-0.05, 0) is 11.5 Å². The predicted octanol–water partition coefficient (Wildman–Crippen LogP) is 3.25. The number of nitro benzene ring substituents is 1. The zero-order chi connectivity index (χ0) is 11.8. The van der Waals surface area contributed by atoms with Crippen LogP contribution in [0, 0.1) is 10.1 Å². The SMILES string of the molecule is CC(C)(C)c1cc(Cl)c([N+](=O)[O-])cc1O. The van der Waals surface area contributed by atoms with Crippen LogP contribution in [0.15, 0.2) is 12.1 Å². The molecule has 0 spiro atoms. The minimum absolute atomic E-state index is 0.0442. The fourth-order valence-electron chi connectivity index (χ4n) is 1.29. The van der Waals surface area contributed by atoms with E-state index in [4.69, 9.17) is 11.6 Å². The molecular weight excluding hydrogens is 218 g/mol. The van der Waals surface area contributed by atoms with Gasteiger partial charge in [-0.2, -0.15) is 0 Å². The minimum Gasteiger partial charge on any atom is -0.507 e. The highest BCUT2D eigenvalue weighted by Crippen LogP contribution is 2.37. The maximum Gasteiger partial charge on any atom is 0.291 e. The average molecular weight is 230 g/mol. The molecule has 0 atom stereocenters. The van der Waals surface area contributed by atoms with Crippen molar-refractivity contribution in [3.05, 3.63) is 32.8 Å². The largest absolute Gasteiger partial charge is 0.507 e. The number of nitrogens with zero attached hydrogens (tertiary/aromatic N) is 1. The van der Waals surface area contributed by atoms with Crippen LogP contribution in [0.1, 0.15) is 26.3 Å². The van der Waals surface area contributed by atoms with Gasteiger partial charge in [0.25, 0.3) is 5.69 Å². The molecule has 5 heteroatoms. The van der Waals surface area contributed by atoms with Crippen LogP contribution in [0.4, 0.5) is 5.69 Å². The van der Waals surface area contributed by atoms with Crippen LogP contribution in [0.3, 0.4) is 0 Å². The van der Waals surface area contributed by atoms with Crippen LogP contribution in [0.2, 0.25) is 5.02 Å². The van der Waals surface area contributed by atoms with Crippen LogP contribution in [0.5, 0.6) is 5.75 Å². The Morgan fingerprint density at radius 1 is 1.40 bits per heavy atom. The molecule has 1 aromatic carbocycles. The Kier molecular flexibility index (Phi) is 2.90.